The van der Waals surface area contributed by atoms with Crippen LogP contribution in [0.4, 0.5) is 0 Å². The van der Waals surface area contributed by atoms with E-state index in [9.17, 15) is 14.7 Å². The van der Waals surface area contributed by atoms with Crippen molar-refractivity contribution in [3.8, 4) is 0 Å². The number of aliphatic carboxylic acids is 2. The maximum Gasteiger partial charge on any atom is 0.339 e. The summed E-state index contributed by atoms with van der Waals surface area (Å²) in [7, 11) is 0. The molecule has 102 valence electrons. The third-order valence-electron chi connectivity index (χ3n) is 2.42. The molecule has 5 heteroatoms. The fourth-order valence-corrected chi connectivity index (χ4v) is 1.47. The molecule has 0 heterocycles. The molecule has 0 aromatic heterocycles. The van der Waals surface area contributed by atoms with Gasteiger partial charge in [0.05, 0.1) is 0 Å². The van der Waals surface area contributed by atoms with Gasteiger partial charge in [0.15, 0.2) is 0 Å². The first-order chi connectivity index (χ1) is 8.49. The first-order valence-corrected chi connectivity index (χ1v) is 6.06. The van der Waals surface area contributed by atoms with Crippen molar-refractivity contribution < 1.29 is 24.9 Å². The van der Waals surface area contributed by atoms with E-state index in [4.69, 9.17) is 10.2 Å². The zero-order chi connectivity index (χ0) is 14.0. The van der Waals surface area contributed by atoms with Crippen LogP contribution >= 0.6 is 0 Å². The summed E-state index contributed by atoms with van der Waals surface area (Å²) in [4.78, 5) is 21.1. The molecule has 0 saturated heterocycles. The van der Waals surface area contributed by atoms with Gasteiger partial charge in [0.25, 0.3) is 0 Å². The molecule has 0 aromatic carbocycles. The van der Waals surface area contributed by atoms with Gasteiger partial charge in [0.1, 0.15) is 11.3 Å². The normalized spacial score (nSPS) is 12.5. The van der Waals surface area contributed by atoms with Crippen molar-refractivity contribution in [2.24, 2.45) is 0 Å². The van der Waals surface area contributed by atoms with Crippen molar-refractivity contribution in [1.82, 2.24) is 0 Å². The standard InChI is InChI=1S/C13H20O5/c1-2-3-4-5-6-7-8-11(14)10(13(17)18)9-12(15)16/h8-9,14H,2-7H2,1H3,(H,15,16)(H,17,18)/b10-9-,11-8?. The van der Waals surface area contributed by atoms with Crippen LogP contribution in [-0.2, 0) is 9.59 Å². The molecule has 3 N–H and O–H groups in total. The minimum absolute atomic E-state index is 0.486. The van der Waals surface area contributed by atoms with Gasteiger partial charge in [-0.05, 0) is 18.9 Å². The molecule has 0 spiro atoms. The molecule has 0 aliphatic rings. The van der Waals surface area contributed by atoms with Crippen molar-refractivity contribution in [2.45, 2.75) is 45.4 Å². The van der Waals surface area contributed by atoms with Gasteiger partial charge in [-0.3, -0.25) is 0 Å². The fourth-order valence-electron chi connectivity index (χ4n) is 1.47. The maximum atomic E-state index is 10.7. The second-order valence-corrected chi connectivity index (χ2v) is 3.99. The van der Waals surface area contributed by atoms with Crippen LogP contribution in [0.1, 0.15) is 45.4 Å². The van der Waals surface area contributed by atoms with Crippen LogP contribution in [0.5, 0.6) is 0 Å². The van der Waals surface area contributed by atoms with Crippen molar-refractivity contribution in [2.75, 3.05) is 0 Å². The Bertz CT molecular complexity index is 341. The third-order valence-corrected chi connectivity index (χ3v) is 2.42. The van der Waals surface area contributed by atoms with E-state index in [1.807, 2.05) is 0 Å². The van der Waals surface area contributed by atoms with Crippen LogP contribution in [0.25, 0.3) is 0 Å². The number of unbranched alkanes of at least 4 members (excludes halogenated alkanes) is 5. The van der Waals surface area contributed by atoms with E-state index in [1.165, 1.54) is 6.08 Å². The Morgan fingerprint density at radius 2 is 1.61 bits per heavy atom. The first-order valence-electron chi connectivity index (χ1n) is 6.06. The summed E-state index contributed by atoms with van der Waals surface area (Å²) < 4.78 is 0. The van der Waals surface area contributed by atoms with Crippen molar-refractivity contribution in [1.29, 1.82) is 0 Å². The average Bonchev–Trinajstić information content (AvgIpc) is 2.29. The van der Waals surface area contributed by atoms with Gasteiger partial charge in [-0.1, -0.05) is 32.6 Å². The van der Waals surface area contributed by atoms with Crippen LogP contribution in [0, 0.1) is 0 Å². The Hall–Kier alpha value is -1.78. The number of carbonyl (C=O) groups is 2. The average molecular weight is 256 g/mol. The van der Waals surface area contributed by atoms with E-state index in [1.54, 1.807) is 0 Å². The van der Waals surface area contributed by atoms with Crippen molar-refractivity contribution in [3.63, 3.8) is 0 Å². The molecule has 0 bridgehead atoms. The predicted octanol–water partition coefficient (Wildman–Crippen LogP) is 2.88. The van der Waals surface area contributed by atoms with Gasteiger partial charge in [-0.2, -0.15) is 0 Å². The van der Waals surface area contributed by atoms with Crippen LogP contribution in [0.3, 0.4) is 0 Å². The molecule has 0 rings (SSSR count). The molecule has 18 heavy (non-hydrogen) atoms. The first kappa shape index (κ1) is 16.2. The summed E-state index contributed by atoms with van der Waals surface area (Å²) in [6.07, 6.45) is 7.68. The lowest BCUT2D eigenvalue weighted by molar-refractivity contribution is -0.135. The van der Waals surface area contributed by atoms with Gasteiger partial charge >= 0.3 is 11.9 Å². The minimum atomic E-state index is -1.45. The highest BCUT2D eigenvalue weighted by Gasteiger charge is 2.13. The van der Waals surface area contributed by atoms with E-state index < -0.39 is 23.3 Å². The largest absolute Gasteiger partial charge is 0.507 e. The Balaban J connectivity index is 4.28. The number of hydrogen-bond acceptors (Lipinski definition) is 3. The molecule has 0 radical (unpaired) electrons. The predicted molar refractivity (Wildman–Crippen MR) is 67.4 cm³/mol. The van der Waals surface area contributed by atoms with E-state index >= 15 is 0 Å². The topological polar surface area (TPSA) is 94.8 Å². The summed E-state index contributed by atoms with van der Waals surface area (Å²) >= 11 is 0. The fraction of sp³-hybridized carbons (Fsp3) is 0.538. The van der Waals surface area contributed by atoms with Crippen LogP contribution in [0.15, 0.2) is 23.5 Å². The monoisotopic (exact) mass is 256 g/mol. The van der Waals surface area contributed by atoms with Crippen molar-refractivity contribution in [3.05, 3.63) is 23.5 Å². The zero-order valence-electron chi connectivity index (χ0n) is 10.6. The Labute approximate surface area is 106 Å². The number of aliphatic hydroxyl groups excluding tert-OH is 1. The molecular formula is C13H20O5. The molecule has 0 amide bonds. The molecule has 0 aromatic rings. The van der Waals surface area contributed by atoms with Gasteiger partial charge in [0.2, 0.25) is 0 Å². The summed E-state index contributed by atoms with van der Waals surface area (Å²) in [5.74, 6) is -3.33. The zero-order valence-corrected chi connectivity index (χ0v) is 10.6. The lowest BCUT2D eigenvalue weighted by Crippen LogP contribution is -2.06. The molecule has 0 aliphatic heterocycles. The quantitative estimate of drug-likeness (QED) is 0.255. The van der Waals surface area contributed by atoms with Gasteiger partial charge in [-0.15, -0.1) is 0 Å². The summed E-state index contributed by atoms with van der Waals surface area (Å²) in [6, 6.07) is 0. The maximum absolute atomic E-state index is 10.7. The Morgan fingerprint density at radius 1 is 1.00 bits per heavy atom. The number of carboxylic acid groups (broad SMARTS) is 2. The number of rotatable bonds is 9. The highest BCUT2D eigenvalue weighted by molar-refractivity contribution is 5.97. The minimum Gasteiger partial charge on any atom is -0.507 e. The molecule has 0 unspecified atom stereocenters. The summed E-state index contributed by atoms with van der Waals surface area (Å²) in [5, 5.41) is 26.7. The molecule has 0 fully saturated rings. The summed E-state index contributed by atoms with van der Waals surface area (Å²) in [5.41, 5.74) is -0.587. The number of aliphatic hydroxyl groups is 1. The number of allylic oxidation sites excluding steroid dienone is 1. The molecular weight excluding hydrogens is 236 g/mol. The van der Waals surface area contributed by atoms with Gasteiger partial charge in [0, 0.05) is 6.08 Å². The molecule has 5 nitrogen and oxygen atoms in total. The van der Waals surface area contributed by atoms with E-state index in [0.29, 0.717) is 12.5 Å². The van der Waals surface area contributed by atoms with E-state index in [0.717, 1.165) is 32.1 Å². The van der Waals surface area contributed by atoms with Crippen LogP contribution < -0.4 is 0 Å². The smallest absolute Gasteiger partial charge is 0.339 e. The summed E-state index contributed by atoms with van der Waals surface area (Å²) in [6.45, 7) is 2.11. The van der Waals surface area contributed by atoms with Gasteiger partial charge in [-0.25, -0.2) is 9.59 Å². The van der Waals surface area contributed by atoms with Gasteiger partial charge < -0.3 is 15.3 Å². The van der Waals surface area contributed by atoms with E-state index in [2.05, 4.69) is 6.92 Å². The Kier molecular flexibility index (Phi) is 8.35. The van der Waals surface area contributed by atoms with Crippen molar-refractivity contribution >= 4 is 11.9 Å². The molecule has 0 aliphatic carbocycles. The highest BCUT2D eigenvalue weighted by atomic mass is 16.4. The molecule has 0 atom stereocenters. The number of carboxylic acids is 2. The second kappa shape index (κ2) is 9.27. The lowest BCUT2D eigenvalue weighted by Gasteiger charge is -2.01. The van der Waals surface area contributed by atoms with E-state index in [-0.39, 0.29) is 0 Å². The van der Waals surface area contributed by atoms with Crippen LogP contribution in [-0.4, -0.2) is 27.3 Å². The highest BCUT2D eigenvalue weighted by Crippen LogP contribution is 2.11. The Morgan fingerprint density at radius 3 is 2.11 bits per heavy atom. The number of hydrogen-bond donors (Lipinski definition) is 3. The SMILES string of the molecule is CCCCCCCC=C(O)/C(=C/C(=O)O)C(=O)O. The molecule has 0 saturated carbocycles. The second-order valence-electron chi connectivity index (χ2n) is 3.99. The lowest BCUT2D eigenvalue weighted by atomic mass is 10.1. The third kappa shape index (κ3) is 7.49. The van der Waals surface area contributed by atoms with Crippen LogP contribution in [0.2, 0.25) is 0 Å².